The molecule has 160 valence electrons. The third-order valence-corrected chi connectivity index (χ3v) is 6.79. The third-order valence-electron chi connectivity index (χ3n) is 6.79. The fourth-order valence-electron chi connectivity index (χ4n) is 4.98. The average Bonchev–Trinajstić information content (AvgIpc) is 3.26. The summed E-state index contributed by atoms with van der Waals surface area (Å²) in [6, 6.07) is 0.498. The molecule has 0 aromatic rings. The zero-order valence-electron chi connectivity index (χ0n) is 18.2. The van der Waals surface area contributed by atoms with Crippen LogP contribution < -0.4 is 10.6 Å². The fraction of sp³-hybridized carbons (Fsp3) is 0.905. The third kappa shape index (κ3) is 4.36. The Labute approximate surface area is 169 Å². The molecule has 3 heterocycles. The summed E-state index contributed by atoms with van der Waals surface area (Å²) in [5.41, 5.74) is -0.336. The second-order valence-corrected chi connectivity index (χ2v) is 9.64. The first-order chi connectivity index (χ1) is 13.2. The van der Waals surface area contributed by atoms with Crippen LogP contribution in [-0.2, 0) is 14.3 Å². The highest BCUT2D eigenvalue weighted by Gasteiger charge is 2.49. The molecule has 0 radical (unpaired) electrons. The Morgan fingerprint density at radius 1 is 1.04 bits per heavy atom. The highest BCUT2D eigenvalue weighted by Crippen LogP contribution is 2.36. The predicted octanol–water partition coefficient (Wildman–Crippen LogP) is 0.979. The number of hydrogen-bond acceptors (Lipinski definition) is 5. The molecule has 0 aromatic heterocycles. The lowest BCUT2D eigenvalue weighted by Crippen LogP contribution is -2.58. The van der Waals surface area contributed by atoms with Gasteiger partial charge in [-0.05, 0) is 45.1 Å². The summed E-state index contributed by atoms with van der Waals surface area (Å²) in [6.45, 7) is 11.4. The standard InChI is InChI=1S/C21H38N4O3/c1-14(22-5)19(26)23-18(21(2,3)4)20(27)25-11-7-16-17(25)6-10-24(16)15-8-12-28-13-9-15/h14-18,22H,6-13H2,1-5H3,(H,23,26)/t14-,16?,17?,18?/m0/s1. The molecule has 2 N–H and O–H groups in total. The van der Waals surface area contributed by atoms with Crippen LogP contribution in [0.1, 0.15) is 53.4 Å². The van der Waals surface area contributed by atoms with Gasteiger partial charge in [0.1, 0.15) is 6.04 Å². The second-order valence-electron chi connectivity index (χ2n) is 9.64. The van der Waals surface area contributed by atoms with Gasteiger partial charge in [-0.15, -0.1) is 0 Å². The zero-order chi connectivity index (χ0) is 20.5. The van der Waals surface area contributed by atoms with Gasteiger partial charge in [-0.1, -0.05) is 20.8 Å². The van der Waals surface area contributed by atoms with E-state index in [9.17, 15) is 9.59 Å². The van der Waals surface area contributed by atoms with Gasteiger partial charge in [0.15, 0.2) is 0 Å². The molecule has 3 aliphatic heterocycles. The summed E-state index contributed by atoms with van der Waals surface area (Å²) in [5.74, 6) is -0.0488. The lowest BCUT2D eigenvalue weighted by atomic mass is 9.85. The summed E-state index contributed by atoms with van der Waals surface area (Å²) in [5, 5.41) is 5.97. The number of hydrogen-bond donors (Lipinski definition) is 2. The van der Waals surface area contributed by atoms with Crippen molar-refractivity contribution in [3.05, 3.63) is 0 Å². The van der Waals surface area contributed by atoms with Crippen LogP contribution >= 0.6 is 0 Å². The van der Waals surface area contributed by atoms with Gasteiger partial charge in [0.25, 0.3) is 0 Å². The molecule has 28 heavy (non-hydrogen) atoms. The SMILES string of the molecule is CN[C@@H](C)C(=O)NC(C(=O)N1CCC2C1CCN2C1CCOCC1)C(C)(C)C. The van der Waals surface area contributed by atoms with E-state index in [1.165, 1.54) is 0 Å². The van der Waals surface area contributed by atoms with Gasteiger partial charge in [0.2, 0.25) is 11.8 Å². The lowest BCUT2D eigenvalue weighted by molar-refractivity contribution is -0.140. The number of carbonyl (C=O) groups is 2. The maximum atomic E-state index is 13.5. The van der Waals surface area contributed by atoms with Gasteiger partial charge in [-0.25, -0.2) is 0 Å². The number of fused-ring (bicyclic) bond motifs is 1. The molecule has 0 aromatic carbocycles. The first-order valence-corrected chi connectivity index (χ1v) is 10.9. The van der Waals surface area contributed by atoms with E-state index >= 15 is 0 Å². The summed E-state index contributed by atoms with van der Waals surface area (Å²) in [7, 11) is 1.76. The minimum absolute atomic E-state index is 0.0745. The molecule has 7 heteroatoms. The van der Waals surface area contributed by atoms with E-state index in [0.29, 0.717) is 12.1 Å². The number of carbonyl (C=O) groups excluding carboxylic acids is 2. The Morgan fingerprint density at radius 2 is 1.68 bits per heavy atom. The predicted molar refractivity (Wildman–Crippen MR) is 109 cm³/mol. The average molecular weight is 395 g/mol. The second kappa shape index (κ2) is 8.67. The van der Waals surface area contributed by atoms with E-state index in [2.05, 4.69) is 20.4 Å². The van der Waals surface area contributed by atoms with Crippen LogP contribution in [0, 0.1) is 5.41 Å². The van der Waals surface area contributed by atoms with Crippen molar-refractivity contribution < 1.29 is 14.3 Å². The van der Waals surface area contributed by atoms with Crippen molar-refractivity contribution >= 4 is 11.8 Å². The molecule has 3 fully saturated rings. The number of amides is 2. The van der Waals surface area contributed by atoms with Crippen molar-refractivity contribution in [3.63, 3.8) is 0 Å². The van der Waals surface area contributed by atoms with E-state index < -0.39 is 6.04 Å². The normalized spacial score (nSPS) is 28.8. The lowest BCUT2D eigenvalue weighted by Gasteiger charge is -2.37. The van der Waals surface area contributed by atoms with Gasteiger partial charge < -0.3 is 20.3 Å². The minimum Gasteiger partial charge on any atom is -0.381 e. The number of nitrogens with zero attached hydrogens (tertiary/aromatic N) is 2. The minimum atomic E-state index is -0.508. The molecule has 3 saturated heterocycles. The molecule has 7 nitrogen and oxygen atoms in total. The van der Waals surface area contributed by atoms with E-state index in [0.717, 1.165) is 52.0 Å². The molecule has 0 saturated carbocycles. The van der Waals surface area contributed by atoms with Crippen molar-refractivity contribution in [2.75, 3.05) is 33.4 Å². The monoisotopic (exact) mass is 394 g/mol. The van der Waals surface area contributed by atoms with E-state index in [1.54, 1.807) is 7.05 Å². The number of nitrogens with one attached hydrogen (secondary N) is 2. The Morgan fingerprint density at radius 3 is 2.29 bits per heavy atom. The van der Waals surface area contributed by atoms with Gasteiger partial charge >= 0.3 is 0 Å². The van der Waals surface area contributed by atoms with E-state index in [-0.39, 0.29) is 29.3 Å². The molecule has 0 bridgehead atoms. The Bertz CT molecular complexity index is 570. The number of rotatable bonds is 5. The Hall–Kier alpha value is -1.18. The van der Waals surface area contributed by atoms with Crippen LogP contribution in [0.25, 0.3) is 0 Å². The summed E-state index contributed by atoms with van der Waals surface area (Å²) in [6.07, 6.45) is 4.26. The maximum absolute atomic E-state index is 13.5. The van der Waals surface area contributed by atoms with Crippen LogP contribution in [0.15, 0.2) is 0 Å². The molecular weight excluding hydrogens is 356 g/mol. The molecule has 3 rings (SSSR count). The highest BCUT2D eigenvalue weighted by atomic mass is 16.5. The summed E-state index contributed by atoms with van der Waals surface area (Å²) in [4.78, 5) is 30.7. The molecule has 0 aliphatic carbocycles. The van der Waals surface area contributed by atoms with Gasteiger partial charge in [0, 0.05) is 44.4 Å². The maximum Gasteiger partial charge on any atom is 0.245 e. The van der Waals surface area contributed by atoms with Crippen LogP contribution in [-0.4, -0.2) is 85.2 Å². The number of likely N-dealkylation sites (tertiary alicyclic amines) is 2. The summed E-state index contributed by atoms with van der Waals surface area (Å²) < 4.78 is 5.53. The fourth-order valence-corrected chi connectivity index (χ4v) is 4.98. The molecular formula is C21H38N4O3. The number of ether oxygens (including phenoxy) is 1. The smallest absolute Gasteiger partial charge is 0.245 e. The topological polar surface area (TPSA) is 73.9 Å². The van der Waals surface area contributed by atoms with Crippen molar-refractivity contribution in [3.8, 4) is 0 Å². The number of likely N-dealkylation sites (N-methyl/N-ethyl adjacent to an activating group) is 1. The molecule has 3 aliphatic rings. The van der Waals surface area contributed by atoms with Crippen LogP contribution in [0.2, 0.25) is 0 Å². The van der Waals surface area contributed by atoms with Gasteiger partial charge in [-0.2, -0.15) is 0 Å². The van der Waals surface area contributed by atoms with Crippen molar-refractivity contribution in [2.45, 2.75) is 83.6 Å². The van der Waals surface area contributed by atoms with Crippen LogP contribution in [0.3, 0.4) is 0 Å². The molecule has 4 atom stereocenters. The first kappa shape index (κ1) is 21.5. The van der Waals surface area contributed by atoms with Crippen molar-refractivity contribution in [1.82, 2.24) is 20.4 Å². The van der Waals surface area contributed by atoms with Gasteiger partial charge in [0.05, 0.1) is 6.04 Å². The van der Waals surface area contributed by atoms with Crippen molar-refractivity contribution in [1.29, 1.82) is 0 Å². The molecule has 2 amide bonds. The zero-order valence-corrected chi connectivity index (χ0v) is 18.2. The Kier molecular flexibility index (Phi) is 6.67. The summed E-state index contributed by atoms with van der Waals surface area (Å²) >= 11 is 0. The largest absolute Gasteiger partial charge is 0.381 e. The first-order valence-electron chi connectivity index (χ1n) is 10.9. The van der Waals surface area contributed by atoms with Gasteiger partial charge in [-0.3, -0.25) is 14.5 Å². The van der Waals surface area contributed by atoms with E-state index in [4.69, 9.17) is 4.74 Å². The Balaban J connectivity index is 1.69. The quantitative estimate of drug-likeness (QED) is 0.727. The molecule has 0 spiro atoms. The van der Waals surface area contributed by atoms with Crippen molar-refractivity contribution in [2.24, 2.45) is 5.41 Å². The molecule has 3 unspecified atom stereocenters. The van der Waals surface area contributed by atoms with Crippen LogP contribution in [0.4, 0.5) is 0 Å². The van der Waals surface area contributed by atoms with E-state index in [1.807, 2.05) is 27.7 Å². The van der Waals surface area contributed by atoms with Crippen LogP contribution in [0.5, 0.6) is 0 Å². The highest BCUT2D eigenvalue weighted by molar-refractivity contribution is 5.90.